The van der Waals surface area contributed by atoms with Crippen LogP contribution in [0.2, 0.25) is 5.02 Å². The van der Waals surface area contributed by atoms with Crippen LogP contribution in [0.5, 0.6) is 5.75 Å². The van der Waals surface area contributed by atoms with Gasteiger partial charge in [0.05, 0.1) is 0 Å². The SMILES string of the molecule is CCC(=O)c1cc(O)cc(Cl)c1. The largest absolute Gasteiger partial charge is 0.508 e. The van der Waals surface area contributed by atoms with Gasteiger partial charge in [-0.2, -0.15) is 0 Å². The molecule has 0 saturated heterocycles. The van der Waals surface area contributed by atoms with Crippen molar-refractivity contribution in [3.63, 3.8) is 0 Å². The number of rotatable bonds is 2. The van der Waals surface area contributed by atoms with Gasteiger partial charge in [0.2, 0.25) is 0 Å². The molecule has 3 heteroatoms. The van der Waals surface area contributed by atoms with Gasteiger partial charge in [0.1, 0.15) is 5.75 Å². The molecule has 0 aliphatic heterocycles. The summed E-state index contributed by atoms with van der Waals surface area (Å²) in [5.74, 6) is 0.00657. The molecule has 0 aromatic heterocycles. The van der Waals surface area contributed by atoms with Crippen molar-refractivity contribution in [1.29, 1.82) is 0 Å². The summed E-state index contributed by atoms with van der Waals surface area (Å²) in [6, 6.07) is 4.36. The minimum absolute atomic E-state index is 0.0206. The van der Waals surface area contributed by atoms with Crippen LogP contribution in [0, 0.1) is 0 Å². The zero-order valence-electron chi connectivity index (χ0n) is 6.67. The Morgan fingerprint density at radius 1 is 1.50 bits per heavy atom. The number of phenols is 1. The van der Waals surface area contributed by atoms with Crippen LogP contribution in [-0.2, 0) is 0 Å². The van der Waals surface area contributed by atoms with Crippen molar-refractivity contribution >= 4 is 17.4 Å². The highest BCUT2D eigenvalue weighted by atomic mass is 35.5. The Labute approximate surface area is 75.8 Å². The molecule has 0 unspecified atom stereocenters. The van der Waals surface area contributed by atoms with Gasteiger partial charge in [0, 0.05) is 17.0 Å². The Balaban J connectivity index is 3.08. The van der Waals surface area contributed by atoms with Crippen molar-refractivity contribution in [2.75, 3.05) is 0 Å². The summed E-state index contributed by atoms with van der Waals surface area (Å²) in [6.07, 6.45) is 0.416. The Bertz CT molecular complexity index is 287. The molecule has 64 valence electrons. The first-order valence-corrected chi connectivity index (χ1v) is 4.04. The fourth-order valence-corrected chi connectivity index (χ4v) is 1.17. The molecular weight excluding hydrogens is 176 g/mol. The highest BCUT2D eigenvalue weighted by molar-refractivity contribution is 6.31. The molecule has 0 amide bonds. The van der Waals surface area contributed by atoms with Crippen LogP contribution in [0.1, 0.15) is 23.7 Å². The van der Waals surface area contributed by atoms with Crippen LogP contribution in [0.15, 0.2) is 18.2 Å². The second-order valence-electron chi connectivity index (χ2n) is 2.47. The van der Waals surface area contributed by atoms with Crippen LogP contribution >= 0.6 is 11.6 Å². The molecule has 12 heavy (non-hydrogen) atoms. The molecule has 0 fully saturated rings. The lowest BCUT2D eigenvalue weighted by Crippen LogP contribution is -1.95. The van der Waals surface area contributed by atoms with E-state index in [1.807, 2.05) is 0 Å². The normalized spacial score (nSPS) is 9.83. The number of Topliss-reactive ketones (excluding diaryl/α,β-unsaturated/α-hetero) is 1. The number of hydrogen-bond acceptors (Lipinski definition) is 2. The minimum Gasteiger partial charge on any atom is -0.508 e. The first-order chi connectivity index (χ1) is 5.63. The molecular formula is C9H9ClO2. The van der Waals surface area contributed by atoms with Gasteiger partial charge >= 0.3 is 0 Å². The Morgan fingerprint density at radius 2 is 2.17 bits per heavy atom. The maximum absolute atomic E-state index is 11.1. The van der Waals surface area contributed by atoms with Crippen LogP contribution < -0.4 is 0 Å². The highest BCUT2D eigenvalue weighted by Gasteiger charge is 2.04. The summed E-state index contributed by atoms with van der Waals surface area (Å²) in [5, 5.41) is 9.48. The maximum atomic E-state index is 11.1. The molecule has 0 aliphatic carbocycles. The van der Waals surface area contributed by atoms with E-state index in [1.54, 1.807) is 13.0 Å². The fraction of sp³-hybridized carbons (Fsp3) is 0.222. The van der Waals surface area contributed by atoms with Crippen molar-refractivity contribution in [2.24, 2.45) is 0 Å². The summed E-state index contributed by atoms with van der Waals surface area (Å²) in [6.45, 7) is 1.76. The number of halogens is 1. The molecule has 0 saturated carbocycles. The number of carbonyl (C=O) groups is 1. The number of benzene rings is 1. The van der Waals surface area contributed by atoms with E-state index in [-0.39, 0.29) is 11.5 Å². The van der Waals surface area contributed by atoms with E-state index in [2.05, 4.69) is 0 Å². The third kappa shape index (κ3) is 1.98. The monoisotopic (exact) mass is 184 g/mol. The standard InChI is InChI=1S/C9H9ClO2/c1-2-9(12)6-3-7(10)5-8(11)4-6/h3-5,11H,2H2,1H3. The summed E-state index contributed by atoms with van der Waals surface area (Å²) in [5.41, 5.74) is 0.461. The Hall–Kier alpha value is -1.02. The van der Waals surface area contributed by atoms with Crippen LogP contribution in [-0.4, -0.2) is 10.9 Å². The van der Waals surface area contributed by atoms with E-state index < -0.39 is 0 Å². The van der Waals surface area contributed by atoms with E-state index in [9.17, 15) is 4.79 Å². The maximum Gasteiger partial charge on any atom is 0.162 e. The van der Waals surface area contributed by atoms with Gasteiger partial charge in [-0.15, -0.1) is 0 Å². The first kappa shape index (κ1) is 9.07. The average Bonchev–Trinajstić information content (AvgIpc) is 2.01. The Morgan fingerprint density at radius 3 is 2.67 bits per heavy atom. The number of carbonyl (C=O) groups excluding carboxylic acids is 1. The molecule has 0 atom stereocenters. The fourth-order valence-electron chi connectivity index (χ4n) is 0.939. The molecule has 0 heterocycles. The highest BCUT2D eigenvalue weighted by Crippen LogP contribution is 2.20. The molecule has 0 radical (unpaired) electrons. The molecule has 1 rings (SSSR count). The lowest BCUT2D eigenvalue weighted by Gasteiger charge is -1.99. The van der Waals surface area contributed by atoms with Crippen LogP contribution in [0.4, 0.5) is 0 Å². The van der Waals surface area contributed by atoms with Gasteiger partial charge in [0.25, 0.3) is 0 Å². The third-order valence-electron chi connectivity index (χ3n) is 1.53. The molecule has 2 nitrogen and oxygen atoms in total. The minimum atomic E-state index is -0.0206. The van der Waals surface area contributed by atoms with E-state index in [0.29, 0.717) is 17.0 Å². The number of aromatic hydroxyl groups is 1. The second kappa shape index (κ2) is 3.59. The van der Waals surface area contributed by atoms with E-state index in [1.165, 1.54) is 12.1 Å². The topological polar surface area (TPSA) is 37.3 Å². The molecule has 0 spiro atoms. The average molecular weight is 185 g/mol. The summed E-state index contributed by atoms with van der Waals surface area (Å²) in [4.78, 5) is 11.1. The second-order valence-corrected chi connectivity index (χ2v) is 2.91. The summed E-state index contributed by atoms with van der Waals surface area (Å²) < 4.78 is 0. The van der Waals surface area contributed by atoms with Gasteiger partial charge < -0.3 is 5.11 Å². The molecule has 1 aromatic carbocycles. The zero-order chi connectivity index (χ0) is 9.14. The van der Waals surface area contributed by atoms with Gasteiger partial charge in [-0.25, -0.2) is 0 Å². The molecule has 1 N–H and O–H groups in total. The van der Waals surface area contributed by atoms with Crippen molar-refractivity contribution in [2.45, 2.75) is 13.3 Å². The zero-order valence-corrected chi connectivity index (χ0v) is 7.43. The smallest absolute Gasteiger partial charge is 0.162 e. The van der Waals surface area contributed by atoms with E-state index in [4.69, 9.17) is 16.7 Å². The van der Waals surface area contributed by atoms with Gasteiger partial charge in [-0.3, -0.25) is 4.79 Å². The first-order valence-electron chi connectivity index (χ1n) is 3.66. The van der Waals surface area contributed by atoms with Gasteiger partial charge in [-0.1, -0.05) is 18.5 Å². The van der Waals surface area contributed by atoms with E-state index >= 15 is 0 Å². The summed E-state index contributed by atoms with van der Waals surface area (Å²) >= 11 is 5.64. The van der Waals surface area contributed by atoms with Gasteiger partial charge in [0.15, 0.2) is 5.78 Å². The van der Waals surface area contributed by atoms with Crippen LogP contribution in [0.25, 0.3) is 0 Å². The summed E-state index contributed by atoms with van der Waals surface area (Å²) in [7, 11) is 0. The van der Waals surface area contributed by atoms with E-state index in [0.717, 1.165) is 0 Å². The van der Waals surface area contributed by atoms with Crippen molar-refractivity contribution in [3.05, 3.63) is 28.8 Å². The molecule has 0 aliphatic rings. The predicted octanol–water partition coefficient (Wildman–Crippen LogP) is 2.64. The quantitative estimate of drug-likeness (QED) is 0.718. The lowest BCUT2D eigenvalue weighted by atomic mass is 10.1. The van der Waals surface area contributed by atoms with Crippen molar-refractivity contribution in [3.8, 4) is 5.75 Å². The lowest BCUT2D eigenvalue weighted by molar-refractivity contribution is 0.0988. The van der Waals surface area contributed by atoms with Crippen molar-refractivity contribution in [1.82, 2.24) is 0 Å². The third-order valence-corrected chi connectivity index (χ3v) is 1.74. The number of hydrogen-bond donors (Lipinski definition) is 1. The number of ketones is 1. The van der Waals surface area contributed by atoms with Crippen LogP contribution in [0.3, 0.4) is 0 Å². The predicted molar refractivity (Wildman–Crippen MR) is 47.7 cm³/mol. The Kier molecular flexibility index (Phi) is 2.71. The molecule has 1 aromatic rings. The van der Waals surface area contributed by atoms with Crippen molar-refractivity contribution < 1.29 is 9.90 Å². The molecule has 0 bridgehead atoms. The number of phenolic OH excluding ortho intramolecular Hbond substituents is 1. The van der Waals surface area contributed by atoms with Gasteiger partial charge in [-0.05, 0) is 18.2 Å².